The van der Waals surface area contributed by atoms with Crippen LogP contribution in [-0.2, 0) is 30.7 Å². The topological polar surface area (TPSA) is 53.0 Å². The molecule has 26 heavy (non-hydrogen) atoms. The Balaban J connectivity index is 1.23. The van der Waals surface area contributed by atoms with Gasteiger partial charge in [0.25, 0.3) is 0 Å². The Morgan fingerprint density at radius 3 is 2.81 bits per heavy atom. The molecule has 2 aromatic rings. The molecule has 1 atom stereocenters. The minimum absolute atomic E-state index is 0.0464. The van der Waals surface area contributed by atoms with E-state index in [1.165, 1.54) is 21.6 Å². The zero-order valence-corrected chi connectivity index (χ0v) is 15.6. The predicted octanol–water partition coefficient (Wildman–Crippen LogP) is 2.66. The summed E-state index contributed by atoms with van der Waals surface area (Å²) in [6, 6.07) is 10.4. The van der Waals surface area contributed by atoms with Gasteiger partial charge in [0.05, 0.1) is 0 Å². The van der Waals surface area contributed by atoms with Gasteiger partial charge in [-0.3, -0.25) is 4.90 Å². The number of aliphatic hydroxyl groups excluding tert-OH is 1. The Kier molecular flexibility index (Phi) is 5.24. The van der Waals surface area contributed by atoms with Crippen molar-refractivity contribution in [2.24, 2.45) is 0 Å². The van der Waals surface area contributed by atoms with E-state index >= 15 is 0 Å². The second-order valence-electron chi connectivity index (χ2n) is 7.03. The summed E-state index contributed by atoms with van der Waals surface area (Å²) in [5.74, 6) is 0. The van der Waals surface area contributed by atoms with Gasteiger partial charge < -0.3 is 14.7 Å². The van der Waals surface area contributed by atoms with Crippen LogP contribution < -0.4 is 0 Å². The van der Waals surface area contributed by atoms with Crippen molar-refractivity contribution in [1.82, 2.24) is 9.80 Å². The minimum Gasteiger partial charge on any atom is -0.447 e. The second kappa shape index (κ2) is 7.78. The summed E-state index contributed by atoms with van der Waals surface area (Å²) in [5.41, 5.74) is 3.91. The van der Waals surface area contributed by atoms with E-state index in [1.807, 2.05) is 12.1 Å². The Morgan fingerprint density at radius 2 is 1.92 bits per heavy atom. The van der Waals surface area contributed by atoms with E-state index < -0.39 is 6.10 Å². The van der Waals surface area contributed by atoms with Gasteiger partial charge in [0.2, 0.25) is 0 Å². The maximum Gasteiger partial charge on any atom is 0.410 e. The van der Waals surface area contributed by atoms with Gasteiger partial charge in [-0.15, -0.1) is 11.3 Å². The highest BCUT2D eigenvalue weighted by molar-refractivity contribution is 7.10. The Hall–Kier alpha value is -1.89. The van der Waals surface area contributed by atoms with Crippen LogP contribution in [0.1, 0.15) is 21.6 Å². The molecule has 6 heteroatoms. The molecule has 2 aliphatic rings. The lowest BCUT2D eigenvalue weighted by Crippen LogP contribution is -2.40. The molecular weight excluding hydrogens is 348 g/mol. The van der Waals surface area contributed by atoms with Crippen molar-refractivity contribution in [1.29, 1.82) is 0 Å². The number of benzene rings is 1. The summed E-state index contributed by atoms with van der Waals surface area (Å²) >= 11 is 1.77. The number of amides is 1. The highest BCUT2D eigenvalue weighted by Crippen LogP contribution is 2.24. The predicted molar refractivity (Wildman–Crippen MR) is 101 cm³/mol. The van der Waals surface area contributed by atoms with Crippen molar-refractivity contribution in [2.45, 2.75) is 32.0 Å². The first kappa shape index (κ1) is 17.5. The number of thiophene rings is 1. The van der Waals surface area contributed by atoms with E-state index in [2.05, 4.69) is 28.5 Å². The van der Waals surface area contributed by atoms with Crippen LogP contribution in [0.5, 0.6) is 0 Å². The van der Waals surface area contributed by atoms with E-state index in [4.69, 9.17) is 4.74 Å². The molecule has 1 N–H and O–H groups in total. The Morgan fingerprint density at radius 1 is 1.12 bits per heavy atom. The van der Waals surface area contributed by atoms with Crippen LogP contribution in [0.4, 0.5) is 4.79 Å². The molecule has 1 aromatic heterocycles. The summed E-state index contributed by atoms with van der Waals surface area (Å²) in [5, 5.41) is 12.4. The van der Waals surface area contributed by atoms with E-state index in [0.717, 1.165) is 25.9 Å². The van der Waals surface area contributed by atoms with Crippen molar-refractivity contribution in [3.05, 3.63) is 57.3 Å². The molecule has 138 valence electrons. The third kappa shape index (κ3) is 3.92. The van der Waals surface area contributed by atoms with E-state index in [-0.39, 0.29) is 12.7 Å². The van der Waals surface area contributed by atoms with Crippen LogP contribution in [0.15, 0.2) is 35.7 Å². The summed E-state index contributed by atoms with van der Waals surface area (Å²) in [4.78, 5) is 17.6. The normalized spacial score (nSPS) is 18.1. The molecule has 3 heterocycles. The third-order valence-corrected chi connectivity index (χ3v) is 6.11. The molecule has 0 fully saturated rings. The summed E-state index contributed by atoms with van der Waals surface area (Å²) < 4.78 is 5.37. The fourth-order valence-corrected chi connectivity index (χ4v) is 4.68. The van der Waals surface area contributed by atoms with E-state index in [0.29, 0.717) is 19.6 Å². The molecule has 1 aromatic carbocycles. The van der Waals surface area contributed by atoms with Gasteiger partial charge >= 0.3 is 6.09 Å². The monoisotopic (exact) mass is 372 g/mol. The number of ether oxygens (including phenoxy) is 1. The average molecular weight is 372 g/mol. The molecule has 0 spiro atoms. The van der Waals surface area contributed by atoms with Crippen molar-refractivity contribution in [2.75, 3.05) is 26.2 Å². The molecular formula is C20H24N2O3S. The number of hydrogen-bond acceptors (Lipinski definition) is 5. The van der Waals surface area contributed by atoms with Gasteiger partial charge in [-0.1, -0.05) is 24.3 Å². The number of nitrogens with zero attached hydrogens (tertiary/aromatic N) is 2. The number of rotatable bonds is 4. The molecule has 4 rings (SSSR count). The lowest BCUT2D eigenvalue weighted by atomic mass is 10.0. The average Bonchev–Trinajstić information content (AvgIpc) is 3.13. The number of aliphatic hydroxyl groups is 1. The van der Waals surface area contributed by atoms with Gasteiger partial charge in [0, 0.05) is 37.6 Å². The molecule has 1 amide bonds. The van der Waals surface area contributed by atoms with Crippen molar-refractivity contribution in [3.8, 4) is 0 Å². The number of carbonyl (C=O) groups excluding carboxylic acids is 1. The fourth-order valence-electron chi connectivity index (χ4n) is 3.71. The first-order valence-corrected chi connectivity index (χ1v) is 10.0. The standard InChI is InChI=1S/C20H24N2O3S/c23-18(12-21-8-5-16-7-10-26-19(16)13-21)14-25-20(24)22-9-6-15-3-1-2-4-17(15)11-22/h1-4,7,10,18,23H,5-6,8-9,11-14H2. The third-order valence-electron chi connectivity index (χ3n) is 5.16. The summed E-state index contributed by atoms with van der Waals surface area (Å²) in [6.07, 6.45) is 0.888. The lowest BCUT2D eigenvalue weighted by Gasteiger charge is -2.30. The van der Waals surface area contributed by atoms with Crippen LogP contribution in [-0.4, -0.2) is 53.3 Å². The smallest absolute Gasteiger partial charge is 0.410 e. The molecule has 0 saturated carbocycles. The van der Waals surface area contributed by atoms with Crippen molar-refractivity contribution < 1.29 is 14.6 Å². The number of carbonyl (C=O) groups is 1. The van der Waals surface area contributed by atoms with Gasteiger partial charge in [0.1, 0.15) is 12.7 Å². The molecule has 0 saturated heterocycles. The van der Waals surface area contributed by atoms with E-state index in [1.54, 1.807) is 16.2 Å². The van der Waals surface area contributed by atoms with Gasteiger partial charge in [-0.05, 0) is 41.0 Å². The molecule has 0 aliphatic carbocycles. The highest BCUT2D eigenvalue weighted by Gasteiger charge is 2.24. The first-order chi connectivity index (χ1) is 12.7. The number of hydrogen-bond donors (Lipinski definition) is 1. The second-order valence-corrected chi connectivity index (χ2v) is 8.03. The van der Waals surface area contributed by atoms with E-state index in [9.17, 15) is 9.90 Å². The number of fused-ring (bicyclic) bond motifs is 2. The molecule has 5 nitrogen and oxygen atoms in total. The Bertz CT molecular complexity index is 776. The van der Waals surface area contributed by atoms with Crippen LogP contribution in [0.3, 0.4) is 0 Å². The maximum atomic E-state index is 12.3. The molecule has 1 unspecified atom stereocenters. The first-order valence-electron chi connectivity index (χ1n) is 9.13. The SMILES string of the molecule is O=C(OCC(O)CN1CCc2ccsc2C1)N1CCc2ccccc2C1. The van der Waals surface area contributed by atoms with Crippen LogP contribution in [0.25, 0.3) is 0 Å². The fraction of sp³-hybridized carbons (Fsp3) is 0.450. The van der Waals surface area contributed by atoms with Crippen LogP contribution in [0.2, 0.25) is 0 Å². The van der Waals surface area contributed by atoms with Crippen LogP contribution in [0, 0.1) is 0 Å². The molecule has 0 bridgehead atoms. The molecule has 2 aliphatic heterocycles. The van der Waals surface area contributed by atoms with Crippen LogP contribution >= 0.6 is 11.3 Å². The maximum absolute atomic E-state index is 12.3. The zero-order valence-electron chi connectivity index (χ0n) is 14.8. The number of β-amino-alcohol motifs (C(OH)–C–C–N with tert-alkyl or cyclic N) is 1. The summed E-state index contributed by atoms with van der Waals surface area (Å²) in [7, 11) is 0. The van der Waals surface area contributed by atoms with Crippen molar-refractivity contribution in [3.63, 3.8) is 0 Å². The zero-order chi connectivity index (χ0) is 17.9. The van der Waals surface area contributed by atoms with Crippen molar-refractivity contribution >= 4 is 17.4 Å². The summed E-state index contributed by atoms with van der Waals surface area (Å²) in [6.45, 7) is 3.65. The minimum atomic E-state index is -0.655. The lowest BCUT2D eigenvalue weighted by molar-refractivity contribution is 0.0259. The van der Waals surface area contributed by atoms with Gasteiger partial charge in [-0.25, -0.2) is 4.79 Å². The molecule has 0 radical (unpaired) electrons. The largest absolute Gasteiger partial charge is 0.447 e. The van der Waals surface area contributed by atoms with Gasteiger partial charge in [-0.2, -0.15) is 0 Å². The quantitative estimate of drug-likeness (QED) is 0.897. The highest BCUT2D eigenvalue weighted by atomic mass is 32.1. The van der Waals surface area contributed by atoms with Gasteiger partial charge in [0.15, 0.2) is 0 Å². The Labute approximate surface area is 157 Å².